The fourth-order valence-electron chi connectivity index (χ4n) is 5.21. The van der Waals surface area contributed by atoms with E-state index in [4.69, 9.17) is 4.74 Å². The maximum atomic E-state index is 13.6. The Labute approximate surface area is 220 Å². The summed E-state index contributed by atoms with van der Waals surface area (Å²) in [4.78, 5) is 20.4. The first-order valence-corrected chi connectivity index (χ1v) is 13.3. The second kappa shape index (κ2) is 11.8. The fraction of sp³-hybridized carbons (Fsp3) is 0.419. The van der Waals surface area contributed by atoms with E-state index in [1.165, 1.54) is 0 Å². The molecule has 1 aromatic heterocycles. The maximum absolute atomic E-state index is 13.6. The molecule has 196 valence electrons. The highest BCUT2D eigenvalue weighted by atomic mass is 16.5. The van der Waals surface area contributed by atoms with Crippen LogP contribution in [0, 0.1) is 20.8 Å². The van der Waals surface area contributed by atoms with Crippen LogP contribution in [0.1, 0.15) is 64.5 Å². The summed E-state index contributed by atoms with van der Waals surface area (Å²) in [5.74, 6) is 0.0864. The van der Waals surface area contributed by atoms with Crippen LogP contribution in [-0.4, -0.2) is 42.3 Å². The lowest BCUT2D eigenvalue weighted by molar-refractivity contribution is 0.0854. The molecule has 2 aromatic carbocycles. The van der Waals surface area contributed by atoms with E-state index in [0.29, 0.717) is 11.6 Å². The largest absolute Gasteiger partial charge is 0.508 e. The Kier molecular flexibility index (Phi) is 8.49. The first-order valence-electron chi connectivity index (χ1n) is 13.3. The number of rotatable bonds is 8. The Bertz CT molecular complexity index is 1250. The molecule has 2 heterocycles. The van der Waals surface area contributed by atoms with Crippen molar-refractivity contribution < 1.29 is 14.6 Å². The van der Waals surface area contributed by atoms with Gasteiger partial charge in [-0.3, -0.25) is 9.78 Å². The van der Waals surface area contributed by atoms with Crippen molar-refractivity contribution >= 4 is 11.6 Å². The van der Waals surface area contributed by atoms with Crippen LogP contribution in [0.15, 0.2) is 42.6 Å². The van der Waals surface area contributed by atoms with Crippen LogP contribution in [0.25, 0.3) is 11.1 Å². The smallest absolute Gasteiger partial charge is 0.251 e. The number of amides is 1. The lowest BCUT2D eigenvalue weighted by Crippen LogP contribution is -2.37. The molecule has 37 heavy (non-hydrogen) atoms. The van der Waals surface area contributed by atoms with Gasteiger partial charge in [-0.15, -0.1) is 0 Å². The van der Waals surface area contributed by atoms with Gasteiger partial charge in [0.25, 0.3) is 5.91 Å². The summed E-state index contributed by atoms with van der Waals surface area (Å²) in [6.45, 7) is 9.87. The summed E-state index contributed by atoms with van der Waals surface area (Å²) in [5.41, 5.74) is 8.40. The van der Waals surface area contributed by atoms with E-state index in [-0.39, 0.29) is 18.2 Å². The highest BCUT2D eigenvalue weighted by molar-refractivity contribution is 5.99. The minimum absolute atomic E-state index is 0.150. The van der Waals surface area contributed by atoms with E-state index >= 15 is 0 Å². The van der Waals surface area contributed by atoms with Crippen molar-refractivity contribution in [2.75, 3.05) is 25.2 Å². The van der Waals surface area contributed by atoms with E-state index < -0.39 is 0 Å². The van der Waals surface area contributed by atoms with Crippen LogP contribution in [-0.2, 0) is 17.7 Å². The Morgan fingerprint density at radius 1 is 1.11 bits per heavy atom. The molecule has 0 unspecified atom stereocenters. The number of nitrogens with zero attached hydrogens (tertiary/aromatic N) is 2. The summed E-state index contributed by atoms with van der Waals surface area (Å²) in [5, 5.41) is 13.7. The van der Waals surface area contributed by atoms with Crippen molar-refractivity contribution in [3.05, 3.63) is 76.1 Å². The number of carbonyl (C=O) groups excluding carboxylic acids is 1. The minimum atomic E-state index is -0.150. The third-order valence-electron chi connectivity index (χ3n) is 7.40. The van der Waals surface area contributed by atoms with Gasteiger partial charge >= 0.3 is 0 Å². The third-order valence-corrected chi connectivity index (χ3v) is 7.40. The summed E-state index contributed by atoms with van der Waals surface area (Å²) in [7, 11) is 2.11. The molecular weight excluding hydrogens is 462 g/mol. The number of hydrogen-bond donors (Lipinski definition) is 2. The number of pyridine rings is 1. The number of phenols is 1. The Hall–Kier alpha value is -3.38. The molecule has 0 spiro atoms. The molecule has 6 nitrogen and oxygen atoms in total. The van der Waals surface area contributed by atoms with Gasteiger partial charge in [0.2, 0.25) is 0 Å². The molecule has 0 bridgehead atoms. The number of benzene rings is 2. The number of aromatic nitrogens is 1. The molecule has 6 heteroatoms. The van der Waals surface area contributed by atoms with Crippen molar-refractivity contribution in [1.29, 1.82) is 0 Å². The van der Waals surface area contributed by atoms with Gasteiger partial charge in [-0.2, -0.15) is 0 Å². The molecule has 1 amide bonds. The highest BCUT2D eigenvalue weighted by Crippen LogP contribution is 2.33. The third kappa shape index (κ3) is 6.13. The van der Waals surface area contributed by atoms with E-state index in [1.54, 1.807) is 6.07 Å². The van der Waals surface area contributed by atoms with Crippen molar-refractivity contribution in [2.45, 2.75) is 66.0 Å². The van der Waals surface area contributed by atoms with Crippen molar-refractivity contribution in [3.63, 3.8) is 0 Å². The van der Waals surface area contributed by atoms with Crippen molar-refractivity contribution in [1.82, 2.24) is 10.3 Å². The zero-order chi connectivity index (χ0) is 26.5. The Balaban J connectivity index is 1.69. The molecule has 1 saturated heterocycles. The number of anilines is 1. The maximum Gasteiger partial charge on any atom is 0.251 e. The molecule has 4 rings (SSSR count). The number of aromatic hydroxyl groups is 1. The molecule has 1 fully saturated rings. The zero-order valence-electron chi connectivity index (χ0n) is 22.7. The van der Waals surface area contributed by atoms with Gasteiger partial charge in [0.05, 0.1) is 0 Å². The Morgan fingerprint density at radius 2 is 1.86 bits per heavy atom. The van der Waals surface area contributed by atoms with Gasteiger partial charge < -0.3 is 20.1 Å². The van der Waals surface area contributed by atoms with Crippen LogP contribution in [0.5, 0.6) is 5.75 Å². The molecule has 3 aromatic rings. The number of phenolic OH excluding ortho intramolecular Hbond substituents is 1. The lowest BCUT2D eigenvalue weighted by Gasteiger charge is -2.34. The summed E-state index contributed by atoms with van der Waals surface area (Å²) in [6, 6.07) is 12.4. The number of nitrogens with one attached hydrogen (secondary N) is 1. The van der Waals surface area contributed by atoms with Crippen LogP contribution >= 0.6 is 0 Å². The first kappa shape index (κ1) is 26.7. The summed E-state index contributed by atoms with van der Waals surface area (Å²) < 4.78 is 5.58. The van der Waals surface area contributed by atoms with Crippen molar-refractivity contribution in [3.8, 4) is 16.9 Å². The fourth-order valence-corrected chi connectivity index (χ4v) is 5.21. The normalized spacial score (nSPS) is 14.0. The molecule has 0 saturated carbocycles. The molecular formula is C31H39N3O3. The number of aryl methyl sites for hydroxylation is 3. The van der Waals surface area contributed by atoms with E-state index in [9.17, 15) is 9.90 Å². The standard InChI is InChI=1S/C31H39N3O3/c1-6-7-23-14-20(2)15-30(35)28(23)19-33-31(36)27-16-25(24-9-8-21(3)32-18-24)17-29(22(27)4)34(5)26-10-12-37-13-11-26/h8-9,14-18,26,35H,6-7,10-13,19H2,1-5H3,(H,33,36). The monoisotopic (exact) mass is 501 g/mol. The van der Waals surface area contributed by atoms with Gasteiger partial charge in [0.1, 0.15) is 5.75 Å². The van der Waals surface area contributed by atoms with E-state index in [2.05, 4.69) is 41.3 Å². The highest BCUT2D eigenvalue weighted by Gasteiger charge is 2.23. The number of carbonyl (C=O) groups is 1. The lowest BCUT2D eigenvalue weighted by atomic mass is 9.95. The first-order chi connectivity index (χ1) is 17.8. The second-order valence-corrected chi connectivity index (χ2v) is 10.2. The molecule has 2 N–H and O–H groups in total. The minimum Gasteiger partial charge on any atom is -0.508 e. The molecule has 0 radical (unpaired) electrons. The van der Waals surface area contributed by atoms with Crippen LogP contribution < -0.4 is 10.2 Å². The SMILES string of the molecule is CCCc1cc(C)cc(O)c1CNC(=O)c1cc(-c2ccc(C)nc2)cc(N(C)C2CCOCC2)c1C. The van der Waals surface area contributed by atoms with Gasteiger partial charge in [-0.25, -0.2) is 0 Å². The molecule has 0 aliphatic carbocycles. The summed E-state index contributed by atoms with van der Waals surface area (Å²) >= 11 is 0. The zero-order valence-corrected chi connectivity index (χ0v) is 22.7. The average molecular weight is 502 g/mol. The van der Waals surface area contributed by atoms with Crippen molar-refractivity contribution in [2.24, 2.45) is 0 Å². The second-order valence-electron chi connectivity index (χ2n) is 10.2. The number of ether oxygens (including phenoxy) is 1. The topological polar surface area (TPSA) is 74.7 Å². The number of hydrogen-bond acceptors (Lipinski definition) is 5. The van der Waals surface area contributed by atoms with Crippen LogP contribution in [0.2, 0.25) is 0 Å². The van der Waals surface area contributed by atoms with Gasteiger partial charge in [-0.1, -0.05) is 25.5 Å². The van der Waals surface area contributed by atoms with Crippen LogP contribution in [0.3, 0.4) is 0 Å². The molecule has 1 aliphatic rings. The predicted molar refractivity (Wildman–Crippen MR) is 149 cm³/mol. The molecule has 1 aliphatic heterocycles. The Morgan fingerprint density at radius 3 is 2.54 bits per heavy atom. The van der Waals surface area contributed by atoms with Gasteiger partial charge in [0, 0.05) is 67.1 Å². The van der Waals surface area contributed by atoms with Crippen LogP contribution in [0.4, 0.5) is 5.69 Å². The average Bonchev–Trinajstić information content (AvgIpc) is 2.89. The summed E-state index contributed by atoms with van der Waals surface area (Å²) in [6.07, 6.45) is 5.61. The molecule has 0 atom stereocenters. The van der Waals surface area contributed by atoms with E-state index in [0.717, 1.165) is 83.7 Å². The van der Waals surface area contributed by atoms with Gasteiger partial charge in [-0.05, 0) is 86.6 Å². The predicted octanol–water partition coefficient (Wildman–Crippen LogP) is 5.88. The van der Waals surface area contributed by atoms with Gasteiger partial charge in [0.15, 0.2) is 0 Å². The quantitative estimate of drug-likeness (QED) is 0.403. The van der Waals surface area contributed by atoms with E-state index in [1.807, 2.05) is 45.2 Å².